The van der Waals surface area contributed by atoms with E-state index in [-0.39, 0.29) is 6.61 Å². The first-order valence-corrected chi connectivity index (χ1v) is 5.66. The number of thiophene rings is 1. The number of nitrogens with zero attached hydrogens (tertiary/aromatic N) is 1. The van der Waals surface area contributed by atoms with Crippen LogP contribution in [0.5, 0.6) is 0 Å². The van der Waals surface area contributed by atoms with Crippen molar-refractivity contribution in [2.24, 2.45) is 0 Å². The Hall–Kier alpha value is -0.710. The quantitative estimate of drug-likeness (QED) is 0.828. The van der Waals surface area contributed by atoms with Gasteiger partial charge in [-0.3, -0.25) is 0 Å². The van der Waals surface area contributed by atoms with Crippen molar-refractivity contribution in [2.45, 2.75) is 13.5 Å². The predicted molar refractivity (Wildman–Crippen MR) is 56.1 cm³/mol. The highest BCUT2D eigenvalue weighted by Crippen LogP contribution is 2.27. The SMILES string of the molecule is Cc1nc(-c2cc(CO)cs2)cs1. The second-order valence-corrected chi connectivity index (χ2v) is 4.70. The molecule has 0 aliphatic heterocycles. The van der Waals surface area contributed by atoms with Crippen LogP contribution in [-0.2, 0) is 6.61 Å². The summed E-state index contributed by atoms with van der Waals surface area (Å²) in [7, 11) is 0. The summed E-state index contributed by atoms with van der Waals surface area (Å²) in [6, 6.07) is 1.99. The van der Waals surface area contributed by atoms with Crippen molar-refractivity contribution in [1.29, 1.82) is 0 Å². The molecule has 13 heavy (non-hydrogen) atoms. The maximum Gasteiger partial charge on any atom is 0.0914 e. The Kier molecular flexibility index (Phi) is 2.44. The molecule has 2 heterocycles. The van der Waals surface area contributed by atoms with Crippen molar-refractivity contribution in [2.75, 3.05) is 0 Å². The highest BCUT2D eigenvalue weighted by Gasteiger charge is 2.04. The van der Waals surface area contributed by atoms with Crippen LogP contribution < -0.4 is 0 Å². The van der Waals surface area contributed by atoms with Crippen molar-refractivity contribution < 1.29 is 5.11 Å². The smallest absolute Gasteiger partial charge is 0.0914 e. The van der Waals surface area contributed by atoms with Gasteiger partial charge in [0.1, 0.15) is 0 Å². The molecule has 2 aromatic heterocycles. The first kappa shape index (κ1) is 8.87. The molecule has 2 rings (SSSR count). The zero-order valence-corrected chi connectivity index (χ0v) is 8.78. The Bertz CT molecular complexity index is 405. The molecular weight excluding hydrogens is 202 g/mol. The summed E-state index contributed by atoms with van der Waals surface area (Å²) < 4.78 is 0. The lowest BCUT2D eigenvalue weighted by Crippen LogP contribution is -1.75. The molecule has 2 nitrogen and oxygen atoms in total. The highest BCUT2D eigenvalue weighted by molar-refractivity contribution is 7.14. The van der Waals surface area contributed by atoms with Crippen LogP contribution in [0.2, 0.25) is 0 Å². The van der Waals surface area contributed by atoms with Gasteiger partial charge in [0.15, 0.2) is 0 Å². The molecule has 4 heteroatoms. The molecule has 68 valence electrons. The largest absolute Gasteiger partial charge is 0.392 e. The van der Waals surface area contributed by atoms with Gasteiger partial charge >= 0.3 is 0 Å². The van der Waals surface area contributed by atoms with Gasteiger partial charge in [0.05, 0.1) is 22.2 Å². The number of aryl methyl sites for hydroxylation is 1. The van der Waals surface area contributed by atoms with E-state index in [1.165, 1.54) is 0 Å². The van der Waals surface area contributed by atoms with Crippen molar-refractivity contribution in [3.05, 3.63) is 27.4 Å². The van der Waals surface area contributed by atoms with Crippen molar-refractivity contribution in [3.63, 3.8) is 0 Å². The number of aliphatic hydroxyl groups excluding tert-OH is 1. The van der Waals surface area contributed by atoms with Crippen LogP contribution in [0.4, 0.5) is 0 Å². The van der Waals surface area contributed by atoms with Gasteiger partial charge in [0, 0.05) is 5.38 Å². The molecule has 0 saturated heterocycles. The Morgan fingerprint density at radius 2 is 2.23 bits per heavy atom. The molecule has 0 fully saturated rings. The number of aromatic nitrogens is 1. The van der Waals surface area contributed by atoms with Crippen LogP contribution >= 0.6 is 22.7 Å². The van der Waals surface area contributed by atoms with Gasteiger partial charge in [-0.2, -0.15) is 0 Å². The summed E-state index contributed by atoms with van der Waals surface area (Å²) in [5, 5.41) is 14.0. The van der Waals surface area contributed by atoms with E-state index in [1.54, 1.807) is 22.7 Å². The Labute approximate surface area is 84.5 Å². The zero-order chi connectivity index (χ0) is 9.26. The minimum absolute atomic E-state index is 0.111. The maximum absolute atomic E-state index is 8.89. The van der Waals surface area contributed by atoms with E-state index in [2.05, 4.69) is 4.98 Å². The summed E-state index contributed by atoms with van der Waals surface area (Å²) >= 11 is 3.27. The molecular formula is C9H9NOS2. The standard InChI is InChI=1S/C9H9NOS2/c1-6-10-8(5-12-6)9-2-7(3-11)4-13-9/h2,4-5,11H,3H2,1H3. The minimum atomic E-state index is 0.111. The van der Waals surface area contributed by atoms with Gasteiger partial charge in [0.25, 0.3) is 0 Å². The van der Waals surface area contributed by atoms with Gasteiger partial charge in [-0.25, -0.2) is 4.98 Å². The third kappa shape index (κ3) is 1.80. The van der Waals surface area contributed by atoms with E-state index in [0.717, 1.165) is 21.1 Å². The van der Waals surface area contributed by atoms with Gasteiger partial charge in [-0.15, -0.1) is 22.7 Å². The summed E-state index contributed by atoms with van der Waals surface area (Å²) in [5.74, 6) is 0. The second-order valence-electron chi connectivity index (χ2n) is 2.73. The van der Waals surface area contributed by atoms with Gasteiger partial charge in [-0.1, -0.05) is 0 Å². The van der Waals surface area contributed by atoms with Crippen LogP contribution in [0.15, 0.2) is 16.8 Å². The van der Waals surface area contributed by atoms with Crippen LogP contribution in [0, 0.1) is 6.92 Å². The van der Waals surface area contributed by atoms with Gasteiger partial charge in [0.2, 0.25) is 0 Å². The van der Waals surface area contributed by atoms with Crippen LogP contribution in [0.25, 0.3) is 10.6 Å². The molecule has 2 aromatic rings. The van der Waals surface area contributed by atoms with Crippen LogP contribution in [-0.4, -0.2) is 10.1 Å². The molecule has 0 bridgehead atoms. The highest BCUT2D eigenvalue weighted by atomic mass is 32.1. The van der Waals surface area contributed by atoms with E-state index >= 15 is 0 Å². The van der Waals surface area contributed by atoms with Crippen LogP contribution in [0.3, 0.4) is 0 Å². The third-order valence-corrected chi connectivity index (χ3v) is 3.48. The number of aliphatic hydroxyl groups is 1. The lowest BCUT2D eigenvalue weighted by atomic mass is 10.3. The van der Waals surface area contributed by atoms with E-state index in [1.807, 2.05) is 23.8 Å². The van der Waals surface area contributed by atoms with Crippen molar-refractivity contribution in [3.8, 4) is 10.6 Å². The second kappa shape index (κ2) is 3.57. The molecule has 1 N–H and O–H groups in total. The topological polar surface area (TPSA) is 33.1 Å². The minimum Gasteiger partial charge on any atom is -0.392 e. The first-order chi connectivity index (χ1) is 6.29. The molecule has 0 aliphatic carbocycles. The Morgan fingerprint density at radius 1 is 1.38 bits per heavy atom. The number of thiazole rings is 1. The number of hydrogen-bond acceptors (Lipinski definition) is 4. The first-order valence-electron chi connectivity index (χ1n) is 3.90. The maximum atomic E-state index is 8.89. The van der Waals surface area contributed by atoms with Gasteiger partial charge < -0.3 is 5.11 Å². The molecule has 0 aliphatic rings. The zero-order valence-electron chi connectivity index (χ0n) is 7.15. The average Bonchev–Trinajstić information content (AvgIpc) is 2.71. The van der Waals surface area contributed by atoms with Crippen molar-refractivity contribution in [1.82, 2.24) is 4.98 Å². The molecule has 0 radical (unpaired) electrons. The fraction of sp³-hybridized carbons (Fsp3) is 0.222. The molecule has 0 unspecified atom stereocenters. The fourth-order valence-corrected chi connectivity index (χ4v) is 2.62. The lowest BCUT2D eigenvalue weighted by Gasteiger charge is -1.86. The molecule has 0 atom stereocenters. The fourth-order valence-electron chi connectivity index (χ4n) is 1.07. The number of rotatable bonds is 2. The van der Waals surface area contributed by atoms with E-state index in [0.29, 0.717) is 0 Å². The number of hydrogen-bond donors (Lipinski definition) is 1. The molecule has 0 aromatic carbocycles. The average molecular weight is 211 g/mol. The lowest BCUT2D eigenvalue weighted by molar-refractivity contribution is 0.282. The summed E-state index contributed by atoms with van der Waals surface area (Å²) in [4.78, 5) is 5.51. The van der Waals surface area contributed by atoms with E-state index in [4.69, 9.17) is 5.11 Å². The summed E-state index contributed by atoms with van der Waals surface area (Å²) in [6.45, 7) is 2.11. The third-order valence-electron chi connectivity index (χ3n) is 1.71. The van der Waals surface area contributed by atoms with Crippen LogP contribution in [0.1, 0.15) is 10.6 Å². The normalized spacial score (nSPS) is 10.6. The predicted octanol–water partition coefficient (Wildman–Crippen LogP) is 2.67. The molecule has 0 spiro atoms. The summed E-state index contributed by atoms with van der Waals surface area (Å²) in [5.41, 5.74) is 1.98. The molecule has 0 saturated carbocycles. The van der Waals surface area contributed by atoms with E-state index < -0.39 is 0 Å². The molecule has 0 amide bonds. The van der Waals surface area contributed by atoms with E-state index in [9.17, 15) is 0 Å². The van der Waals surface area contributed by atoms with Crippen molar-refractivity contribution >= 4 is 22.7 Å². The monoisotopic (exact) mass is 211 g/mol. The Balaban J connectivity index is 2.35. The summed E-state index contributed by atoms with van der Waals surface area (Å²) in [6.07, 6.45) is 0. The Morgan fingerprint density at radius 3 is 2.77 bits per heavy atom. The van der Waals surface area contributed by atoms with Gasteiger partial charge in [-0.05, 0) is 23.9 Å².